The third-order valence-corrected chi connectivity index (χ3v) is 1.89. The number of nitrogens with one attached hydrogen (secondary N) is 2. The first-order valence-corrected chi connectivity index (χ1v) is 5.24. The molecule has 18 heavy (non-hydrogen) atoms. The van der Waals surface area contributed by atoms with Crippen LogP contribution in [0.15, 0.2) is 0 Å². The average Bonchev–Trinajstić information content (AvgIpc) is 2.10. The van der Waals surface area contributed by atoms with E-state index in [4.69, 9.17) is 10.8 Å². The molecule has 0 atom stereocenters. The Morgan fingerprint density at radius 1 is 1.17 bits per heavy atom. The van der Waals surface area contributed by atoms with E-state index in [0.717, 1.165) is 0 Å². The molecule has 8 nitrogen and oxygen atoms in total. The average molecular weight is 259 g/mol. The predicted molar refractivity (Wildman–Crippen MR) is 61.4 cm³/mol. The van der Waals surface area contributed by atoms with Gasteiger partial charge in [-0.05, 0) is 13.8 Å². The van der Waals surface area contributed by atoms with Crippen LogP contribution in [0, 0.1) is 0 Å². The van der Waals surface area contributed by atoms with Gasteiger partial charge in [0.2, 0.25) is 11.8 Å². The Morgan fingerprint density at radius 3 is 2.17 bits per heavy atom. The lowest BCUT2D eigenvalue weighted by atomic mass is 10.0. The summed E-state index contributed by atoms with van der Waals surface area (Å²) in [5.41, 5.74) is 4.11. The molecule has 0 aliphatic heterocycles. The number of nitrogens with two attached hydrogens (primary N) is 1. The summed E-state index contributed by atoms with van der Waals surface area (Å²) in [5, 5.41) is 12.7. The molecule has 0 bridgehead atoms. The van der Waals surface area contributed by atoms with E-state index in [0.29, 0.717) is 0 Å². The van der Waals surface area contributed by atoms with Gasteiger partial charge in [0.25, 0.3) is 0 Å². The highest BCUT2D eigenvalue weighted by Crippen LogP contribution is 2.06. The predicted octanol–water partition coefficient (Wildman–Crippen LogP) is -0.669. The normalized spacial score (nSPS) is 10.6. The molecule has 0 heterocycles. The van der Waals surface area contributed by atoms with Crippen molar-refractivity contribution in [3.8, 4) is 0 Å². The van der Waals surface area contributed by atoms with Gasteiger partial charge in [-0.3, -0.25) is 19.7 Å². The van der Waals surface area contributed by atoms with Crippen molar-refractivity contribution >= 4 is 23.8 Å². The molecular formula is C10H17N3O5. The van der Waals surface area contributed by atoms with Gasteiger partial charge in [-0.2, -0.15) is 0 Å². The maximum absolute atomic E-state index is 11.4. The molecule has 0 saturated carbocycles. The highest BCUT2D eigenvalue weighted by atomic mass is 16.4. The van der Waals surface area contributed by atoms with E-state index in [2.05, 4.69) is 5.32 Å². The van der Waals surface area contributed by atoms with Crippen LogP contribution in [0.1, 0.15) is 33.1 Å². The lowest BCUT2D eigenvalue weighted by molar-refractivity contribution is -0.138. The SMILES string of the molecule is CC(C)(CC(N)=O)NC(=O)NC(=O)CCC(=O)O. The van der Waals surface area contributed by atoms with E-state index in [1.165, 1.54) is 0 Å². The van der Waals surface area contributed by atoms with Crippen LogP contribution in [0.3, 0.4) is 0 Å². The van der Waals surface area contributed by atoms with Crippen LogP contribution in [-0.4, -0.2) is 34.5 Å². The van der Waals surface area contributed by atoms with Crippen LogP contribution in [0.2, 0.25) is 0 Å². The van der Waals surface area contributed by atoms with Gasteiger partial charge in [0.05, 0.1) is 6.42 Å². The van der Waals surface area contributed by atoms with Crippen molar-refractivity contribution in [2.75, 3.05) is 0 Å². The van der Waals surface area contributed by atoms with Crippen LogP contribution in [0.25, 0.3) is 0 Å². The quantitative estimate of drug-likeness (QED) is 0.501. The Bertz CT molecular complexity index is 365. The zero-order valence-corrected chi connectivity index (χ0v) is 10.3. The second-order valence-electron chi connectivity index (χ2n) is 4.42. The van der Waals surface area contributed by atoms with Gasteiger partial charge in [0.1, 0.15) is 0 Å². The summed E-state index contributed by atoms with van der Waals surface area (Å²) < 4.78 is 0. The number of carbonyl (C=O) groups is 4. The number of hydrogen-bond donors (Lipinski definition) is 4. The van der Waals surface area contributed by atoms with Crippen LogP contribution in [0.5, 0.6) is 0 Å². The van der Waals surface area contributed by atoms with Gasteiger partial charge in [0.15, 0.2) is 0 Å². The number of aliphatic carboxylic acids is 1. The van der Waals surface area contributed by atoms with Gasteiger partial charge in [-0.15, -0.1) is 0 Å². The Balaban J connectivity index is 4.14. The standard InChI is InChI=1S/C10H17N3O5/c1-10(2,5-6(11)14)13-9(18)12-7(15)3-4-8(16)17/h3-5H2,1-2H3,(H2,11,14)(H,16,17)(H2,12,13,15,18). The monoisotopic (exact) mass is 259 g/mol. The molecule has 0 aromatic carbocycles. The molecule has 0 aromatic heterocycles. The minimum atomic E-state index is -1.13. The van der Waals surface area contributed by atoms with E-state index in [9.17, 15) is 19.2 Å². The van der Waals surface area contributed by atoms with E-state index in [1.54, 1.807) is 13.8 Å². The molecular weight excluding hydrogens is 242 g/mol. The van der Waals surface area contributed by atoms with Crippen molar-refractivity contribution in [3.05, 3.63) is 0 Å². The molecule has 8 heteroatoms. The zero-order valence-electron chi connectivity index (χ0n) is 10.3. The van der Waals surface area contributed by atoms with Gasteiger partial charge >= 0.3 is 12.0 Å². The van der Waals surface area contributed by atoms with Crippen LogP contribution in [-0.2, 0) is 14.4 Å². The van der Waals surface area contributed by atoms with Crippen molar-refractivity contribution in [1.29, 1.82) is 0 Å². The summed E-state index contributed by atoms with van der Waals surface area (Å²) in [6.07, 6.45) is -0.730. The summed E-state index contributed by atoms with van der Waals surface area (Å²) in [7, 11) is 0. The van der Waals surface area contributed by atoms with Crippen LogP contribution < -0.4 is 16.4 Å². The Kier molecular flexibility index (Phi) is 5.80. The van der Waals surface area contributed by atoms with E-state index in [-0.39, 0.29) is 19.3 Å². The molecule has 0 aliphatic carbocycles. The van der Waals surface area contributed by atoms with E-state index >= 15 is 0 Å². The summed E-state index contributed by atoms with van der Waals surface area (Å²) in [6.45, 7) is 3.14. The maximum atomic E-state index is 11.4. The largest absolute Gasteiger partial charge is 0.481 e. The molecule has 0 unspecified atom stereocenters. The lowest BCUT2D eigenvalue weighted by Gasteiger charge is -2.24. The molecule has 102 valence electrons. The third-order valence-electron chi connectivity index (χ3n) is 1.89. The zero-order chi connectivity index (χ0) is 14.3. The summed E-state index contributed by atoms with van der Waals surface area (Å²) >= 11 is 0. The van der Waals surface area contributed by atoms with E-state index < -0.39 is 29.4 Å². The Hall–Kier alpha value is -2.12. The second kappa shape index (κ2) is 6.58. The molecule has 5 N–H and O–H groups in total. The fourth-order valence-corrected chi connectivity index (χ4v) is 1.23. The number of carbonyl (C=O) groups excluding carboxylic acids is 3. The van der Waals surface area contributed by atoms with Crippen molar-refractivity contribution in [3.63, 3.8) is 0 Å². The highest BCUT2D eigenvalue weighted by Gasteiger charge is 2.23. The fourth-order valence-electron chi connectivity index (χ4n) is 1.23. The maximum Gasteiger partial charge on any atom is 0.321 e. The Morgan fingerprint density at radius 2 is 1.72 bits per heavy atom. The van der Waals surface area contributed by atoms with Crippen LogP contribution in [0.4, 0.5) is 4.79 Å². The molecule has 0 aliphatic rings. The van der Waals surface area contributed by atoms with Crippen molar-refractivity contribution in [1.82, 2.24) is 10.6 Å². The summed E-state index contributed by atoms with van der Waals surface area (Å²) in [6, 6.07) is -0.795. The van der Waals surface area contributed by atoms with Crippen molar-refractivity contribution in [2.45, 2.75) is 38.6 Å². The van der Waals surface area contributed by atoms with Crippen molar-refractivity contribution < 1.29 is 24.3 Å². The highest BCUT2D eigenvalue weighted by molar-refractivity contribution is 5.95. The topological polar surface area (TPSA) is 139 Å². The molecule has 0 fully saturated rings. The third kappa shape index (κ3) is 8.08. The first kappa shape index (κ1) is 15.9. The van der Waals surface area contributed by atoms with Gasteiger partial charge < -0.3 is 16.2 Å². The lowest BCUT2D eigenvalue weighted by Crippen LogP contribution is -2.51. The van der Waals surface area contributed by atoms with Gasteiger partial charge in [-0.25, -0.2) is 4.79 Å². The number of urea groups is 1. The fraction of sp³-hybridized carbons (Fsp3) is 0.600. The molecule has 0 rings (SSSR count). The smallest absolute Gasteiger partial charge is 0.321 e. The number of imide groups is 1. The van der Waals surface area contributed by atoms with Crippen LogP contribution >= 0.6 is 0 Å². The number of hydrogen-bond acceptors (Lipinski definition) is 4. The first-order chi connectivity index (χ1) is 8.12. The molecule has 0 aromatic rings. The number of rotatable bonds is 6. The molecule has 4 amide bonds. The number of amides is 4. The number of primary amides is 1. The minimum Gasteiger partial charge on any atom is -0.481 e. The number of carboxylic acid groups (broad SMARTS) is 1. The van der Waals surface area contributed by atoms with E-state index in [1.807, 2.05) is 5.32 Å². The first-order valence-electron chi connectivity index (χ1n) is 5.24. The Labute approximate surface area is 104 Å². The van der Waals surface area contributed by atoms with Gasteiger partial charge in [0, 0.05) is 18.4 Å². The molecule has 0 saturated heterocycles. The molecule has 0 spiro atoms. The van der Waals surface area contributed by atoms with Crippen molar-refractivity contribution in [2.24, 2.45) is 5.73 Å². The molecule has 0 radical (unpaired) electrons. The van der Waals surface area contributed by atoms with Gasteiger partial charge in [-0.1, -0.05) is 0 Å². The second-order valence-corrected chi connectivity index (χ2v) is 4.42. The number of carboxylic acids is 1. The summed E-state index contributed by atoms with van der Waals surface area (Å²) in [4.78, 5) is 43.4. The minimum absolute atomic E-state index is 0.0796. The summed E-state index contributed by atoms with van der Waals surface area (Å²) in [5.74, 6) is -2.41.